The van der Waals surface area contributed by atoms with Crippen molar-refractivity contribution in [2.75, 3.05) is 13.1 Å². The van der Waals surface area contributed by atoms with Gasteiger partial charge in [0.2, 0.25) is 5.91 Å². The Labute approximate surface area is 143 Å². The van der Waals surface area contributed by atoms with E-state index in [1.54, 1.807) is 0 Å². The summed E-state index contributed by atoms with van der Waals surface area (Å²) in [7, 11) is 0. The van der Waals surface area contributed by atoms with Gasteiger partial charge in [0.1, 0.15) is 5.82 Å². The molecule has 1 amide bonds. The lowest BCUT2D eigenvalue weighted by atomic mass is 10.00. The predicted molar refractivity (Wildman–Crippen MR) is 96.8 cm³/mol. The van der Waals surface area contributed by atoms with Crippen LogP contribution in [-0.4, -0.2) is 39.5 Å². The van der Waals surface area contributed by atoms with Crippen molar-refractivity contribution in [3.63, 3.8) is 0 Å². The quantitative estimate of drug-likeness (QED) is 0.938. The van der Waals surface area contributed by atoms with Crippen molar-refractivity contribution in [1.82, 2.24) is 14.5 Å². The van der Waals surface area contributed by atoms with Gasteiger partial charge in [-0.25, -0.2) is 4.98 Å². The van der Waals surface area contributed by atoms with Crippen molar-refractivity contribution in [2.24, 2.45) is 11.7 Å². The van der Waals surface area contributed by atoms with Gasteiger partial charge in [-0.05, 0) is 30.9 Å². The molecule has 1 aromatic carbocycles. The summed E-state index contributed by atoms with van der Waals surface area (Å²) in [6.45, 7) is 7.71. The van der Waals surface area contributed by atoms with Crippen molar-refractivity contribution in [3.05, 3.63) is 30.1 Å². The highest BCUT2D eigenvalue weighted by atomic mass is 16.2. The van der Waals surface area contributed by atoms with Crippen molar-refractivity contribution < 1.29 is 4.79 Å². The van der Waals surface area contributed by atoms with E-state index in [9.17, 15) is 4.79 Å². The maximum atomic E-state index is 12.4. The van der Waals surface area contributed by atoms with Gasteiger partial charge in [-0.2, -0.15) is 0 Å². The van der Waals surface area contributed by atoms with E-state index in [0.717, 1.165) is 43.7 Å². The summed E-state index contributed by atoms with van der Waals surface area (Å²) < 4.78 is 2.39. The monoisotopic (exact) mass is 328 g/mol. The summed E-state index contributed by atoms with van der Waals surface area (Å²) in [5.41, 5.74) is 8.30. The molecule has 3 rings (SSSR count). The molecule has 1 atom stereocenters. The molecule has 0 spiro atoms. The van der Waals surface area contributed by atoms with Gasteiger partial charge in [0.25, 0.3) is 0 Å². The van der Waals surface area contributed by atoms with Crippen molar-refractivity contribution in [1.29, 1.82) is 0 Å². The molecule has 1 aromatic heterocycles. The molecule has 2 aromatic rings. The second-order valence-corrected chi connectivity index (χ2v) is 7.07. The molecule has 0 aliphatic carbocycles. The number of fused-ring (bicyclic) bond motifs is 1. The highest BCUT2D eigenvalue weighted by molar-refractivity contribution is 5.82. The number of para-hydroxylation sites is 2. The summed E-state index contributed by atoms with van der Waals surface area (Å²) in [5.74, 6) is 1.41. The SMILES string of the molecule is CCc1nc2ccccc2n1C1CCN(C(=O)[C@@H](N)C(C)C)CC1. The molecule has 0 saturated carbocycles. The maximum Gasteiger partial charge on any atom is 0.239 e. The van der Waals surface area contributed by atoms with Crippen LogP contribution in [-0.2, 0) is 11.2 Å². The number of imidazole rings is 1. The molecule has 5 nitrogen and oxygen atoms in total. The number of aromatic nitrogens is 2. The number of piperidine rings is 1. The van der Waals surface area contributed by atoms with Crippen molar-refractivity contribution in [3.8, 4) is 0 Å². The third-order valence-electron chi connectivity index (χ3n) is 5.13. The maximum absolute atomic E-state index is 12.4. The molecule has 0 unspecified atom stereocenters. The zero-order chi connectivity index (χ0) is 17.3. The van der Waals surface area contributed by atoms with E-state index in [2.05, 4.69) is 29.7 Å². The van der Waals surface area contributed by atoms with E-state index in [0.29, 0.717) is 6.04 Å². The lowest BCUT2D eigenvalue weighted by Gasteiger charge is -2.35. The molecular weight excluding hydrogens is 300 g/mol. The molecule has 1 aliphatic heterocycles. The normalized spacial score (nSPS) is 17.6. The van der Waals surface area contributed by atoms with E-state index >= 15 is 0 Å². The first-order chi connectivity index (χ1) is 11.5. The highest BCUT2D eigenvalue weighted by Crippen LogP contribution is 2.29. The Morgan fingerprint density at radius 3 is 2.58 bits per heavy atom. The number of likely N-dealkylation sites (tertiary alicyclic amines) is 1. The van der Waals surface area contributed by atoms with Crippen LogP contribution in [0.3, 0.4) is 0 Å². The molecule has 0 bridgehead atoms. The Morgan fingerprint density at radius 1 is 1.29 bits per heavy atom. The zero-order valence-electron chi connectivity index (χ0n) is 14.9. The smallest absolute Gasteiger partial charge is 0.239 e. The lowest BCUT2D eigenvalue weighted by Crippen LogP contribution is -2.49. The first kappa shape index (κ1) is 17.0. The molecule has 5 heteroatoms. The van der Waals surface area contributed by atoms with Crippen molar-refractivity contribution >= 4 is 16.9 Å². The van der Waals surface area contributed by atoms with Crippen LogP contribution in [0.1, 0.15) is 45.5 Å². The largest absolute Gasteiger partial charge is 0.341 e. The summed E-state index contributed by atoms with van der Waals surface area (Å²) >= 11 is 0. The number of aryl methyl sites for hydroxylation is 1. The van der Waals surface area contributed by atoms with Crippen LogP contribution >= 0.6 is 0 Å². The van der Waals surface area contributed by atoms with E-state index in [-0.39, 0.29) is 17.9 Å². The number of hydrogen-bond acceptors (Lipinski definition) is 3. The number of nitrogens with zero attached hydrogens (tertiary/aromatic N) is 3. The Bertz CT molecular complexity index is 713. The van der Waals surface area contributed by atoms with Crippen LogP contribution in [0.25, 0.3) is 11.0 Å². The third kappa shape index (κ3) is 3.05. The molecule has 1 fully saturated rings. The Morgan fingerprint density at radius 2 is 1.96 bits per heavy atom. The number of carbonyl (C=O) groups is 1. The van der Waals surface area contributed by atoms with Crippen molar-refractivity contribution in [2.45, 2.75) is 52.1 Å². The van der Waals surface area contributed by atoms with Gasteiger partial charge in [-0.3, -0.25) is 4.79 Å². The van der Waals surface area contributed by atoms with Crippen LogP contribution in [0.5, 0.6) is 0 Å². The first-order valence-corrected chi connectivity index (χ1v) is 9.03. The minimum absolute atomic E-state index is 0.0923. The topological polar surface area (TPSA) is 64.2 Å². The molecule has 130 valence electrons. The summed E-state index contributed by atoms with van der Waals surface area (Å²) in [6.07, 6.45) is 2.85. The highest BCUT2D eigenvalue weighted by Gasteiger charge is 2.29. The number of rotatable bonds is 4. The van der Waals surface area contributed by atoms with E-state index in [1.807, 2.05) is 24.8 Å². The van der Waals surface area contributed by atoms with Crippen LogP contribution < -0.4 is 5.73 Å². The third-order valence-corrected chi connectivity index (χ3v) is 5.13. The average molecular weight is 328 g/mol. The predicted octanol–water partition coefficient (Wildman–Crippen LogP) is 2.75. The Kier molecular flexibility index (Phi) is 4.90. The molecule has 2 N–H and O–H groups in total. The Balaban J connectivity index is 1.77. The van der Waals surface area contributed by atoms with E-state index in [1.165, 1.54) is 5.52 Å². The van der Waals surface area contributed by atoms with E-state index < -0.39 is 0 Å². The van der Waals surface area contributed by atoms with Crippen LogP contribution in [0.2, 0.25) is 0 Å². The number of nitrogens with two attached hydrogens (primary N) is 1. The number of carbonyl (C=O) groups excluding carboxylic acids is 1. The van der Waals surface area contributed by atoms with Gasteiger partial charge in [0.15, 0.2) is 0 Å². The molecule has 1 aliphatic rings. The van der Waals surface area contributed by atoms with Gasteiger partial charge < -0.3 is 15.2 Å². The lowest BCUT2D eigenvalue weighted by molar-refractivity contribution is -0.134. The molecule has 2 heterocycles. The van der Waals surface area contributed by atoms with E-state index in [4.69, 9.17) is 10.7 Å². The fourth-order valence-electron chi connectivity index (χ4n) is 3.59. The first-order valence-electron chi connectivity index (χ1n) is 9.03. The molecular formula is C19H28N4O. The van der Waals surface area contributed by atoms with Gasteiger partial charge in [0, 0.05) is 25.6 Å². The minimum atomic E-state index is -0.387. The van der Waals surface area contributed by atoms with Gasteiger partial charge in [-0.15, -0.1) is 0 Å². The second-order valence-electron chi connectivity index (χ2n) is 7.07. The van der Waals surface area contributed by atoms with Crippen LogP contribution in [0.4, 0.5) is 0 Å². The van der Waals surface area contributed by atoms with Crippen LogP contribution in [0.15, 0.2) is 24.3 Å². The number of amides is 1. The van der Waals surface area contributed by atoms with Gasteiger partial charge in [-0.1, -0.05) is 32.9 Å². The molecule has 1 saturated heterocycles. The average Bonchev–Trinajstić information content (AvgIpc) is 2.99. The number of hydrogen-bond donors (Lipinski definition) is 1. The summed E-state index contributed by atoms with van der Waals surface area (Å²) in [6, 6.07) is 8.35. The van der Waals surface area contributed by atoms with Crippen LogP contribution in [0, 0.1) is 5.92 Å². The minimum Gasteiger partial charge on any atom is -0.341 e. The standard InChI is InChI=1S/C19H28N4O/c1-4-17-21-15-7-5-6-8-16(15)23(17)14-9-11-22(12-10-14)19(24)18(20)13(2)3/h5-8,13-14,18H,4,9-12,20H2,1-3H3/t18-/m0/s1. The summed E-state index contributed by atoms with van der Waals surface area (Å²) in [5, 5.41) is 0. The van der Waals surface area contributed by atoms with Gasteiger partial charge in [0.05, 0.1) is 17.1 Å². The fraction of sp³-hybridized carbons (Fsp3) is 0.579. The molecule has 24 heavy (non-hydrogen) atoms. The fourth-order valence-corrected chi connectivity index (χ4v) is 3.59. The Hall–Kier alpha value is -1.88. The van der Waals surface area contributed by atoms with Gasteiger partial charge >= 0.3 is 0 Å². The zero-order valence-corrected chi connectivity index (χ0v) is 14.9. The summed E-state index contributed by atoms with van der Waals surface area (Å²) in [4.78, 5) is 19.2. The number of benzene rings is 1. The molecule has 0 radical (unpaired) electrons. The second kappa shape index (κ2) is 6.93.